The molecule has 0 atom stereocenters. The molecule has 2 aromatic rings. The average molecular weight is 538 g/mol. The first-order valence-corrected chi connectivity index (χ1v) is 12.6. The molecule has 0 saturated carbocycles. The second kappa shape index (κ2) is 13.6. The minimum atomic E-state index is -0.530. The maximum Gasteiger partial charge on any atom is 0.321 e. The van der Waals surface area contributed by atoms with E-state index in [0.717, 1.165) is 56.4 Å². The Morgan fingerprint density at radius 3 is 2.19 bits per heavy atom. The van der Waals surface area contributed by atoms with Gasteiger partial charge in [0.05, 0.1) is 31.4 Å². The summed E-state index contributed by atoms with van der Waals surface area (Å²) in [7, 11) is 4.58. The van der Waals surface area contributed by atoms with Crippen LogP contribution in [0.25, 0.3) is 0 Å². The number of aryl methyl sites for hydroxylation is 1. The lowest BCUT2D eigenvalue weighted by Gasteiger charge is -2.31. The smallest absolute Gasteiger partial charge is 0.321 e. The quantitative estimate of drug-likeness (QED) is 0.457. The van der Waals surface area contributed by atoms with E-state index in [1.807, 2.05) is 18.2 Å². The number of halogens is 2. The normalized spacial score (nSPS) is 14.2. The number of hydrogen-bond acceptors (Lipinski definition) is 6. The van der Waals surface area contributed by atoms with E-state index in [1.54, 1.807) is 12.1 Å². The zero-order valence-corrected chi connectivity index (χ0v) is 22.4. The van der Waals surface area contributed by atoms with Crippen LogP contribution in [0, 0.1) is 5.92 Å². The molecule has 3 amide bonds. The molecule has 2 N–H and O–H groups in total. The Bertz CT molecular complexity index is 1030. The molecule has 2 aromatic carbocycles. The third kappa shape index (κ3) is 7.66. The minimum absolute atomic E-state index is 0.178. The molecule has 3 rings (SSSR count). The minimum Gasteiger partial charge on any atom is -0.493 e. The molecular formula is C26H33Cl2N3O5. The summed E-state index contributed by atoms with van der Waals surface area (Å²) in [6.45, 7) is 2.80. The fraction of sp³-hybridized carbons (Fsp3) is 0.462. The Morgan fingerprint density at radius 2 is 1.61 bits per heavy atom. The van der Waals surface area contributed by atoms with Crippen LogP contribution in [0.3, 0.4) is 0 Å². The van der Waals surface area contributed by atoms with Crippen molar-refractivity contribution in [2.24, 2.45) is 5.92 Å². The van der Waals surface area contributed by atoms with Gasteiger partial charge in [-0.05, 0) is 80.7 Å². The lowest BCUT2D eigenvalue weighted by atomic mass is 9.95. The van der Waals surface area contributed by atoms with Crippen molar-refractivity contribution in [1.29, 1.82) is 0 Å². The Labute approximate surface area is 222 Å². The maximum absolute atomic E-state index is 12.6. The number of urea groups is 1. The van der Waals surface area contributed by atoms with Crippen LogP contribution in [0.2, 0.25) is 10.0 Å². The number of methoxy groups -OCH3 is 3. The number of piperidine rings is 1. The summed E-state index contributed by atoms with van der Waals surface area (Å²) in [5, 5.41) is 6.33. The van der Waals surface area contributed by atoms with Gasteiger partial charge in [-0.1, -0.05) is 29.3 Å². The predicted octanol–water partition coefficient (Wildman–Crippen LogP) is 4.69. The van der Waals surface area contributed by atoms with Crippen LogP contribution in [-0.4, -0.2) is 57.8 Å². The van der Waals surface area contributed by atoms with Crippen molar-refractivity contribution < 1.29 is 23.8 Å². The second-order valence-corrected chi connectivity index (χ2v) is 9.49. The standard InChI is InChI=1S/C26H33Cl2N3O5/c1-34-22-14-18(15-23(35-2)24(22)36-3)16-29-26(33)30-25(32)19-8-11-31(12-9-19)10-4-5-17-6-7-20(27)21(28)13-17/h6-7,13-15,19H,4-5,8-12,16H2,1-3H3,(H2,29,30,32,33). The van der Waals surface area contributed by atoms with Gasteiger partial charge in [0.1, 0.15) is 0 Å². The van der Waals surface area contributed by atoms with E-state index < -0.39 is 6.03 Å². The molecular weight excluding hydrogens is 505 g/mol. The lowest BCUT2D eigenvalue weighted by Crippen LogP contribution is -2.45. The van der Waals surface area contributed by atoms with E-state index in [9.17, 15) is 9.59 Å². The Hall–Kier alpha value is -2.68. The zero-order chi connectivity index (χ0) is 26.1. The number of nitrogens with one attached hydrogen (secondary N) is 2. The Morgan fingerprint density at radius 1 is 0.944 bits per heavy atom. The van der Waals surface area contributed by atoms with Gasteiger partial charge in [-0.2, -0.15) is 0 Å². The summed E-state index contributed by atoms with van der Waals surface area (Å²) in [5.41, 5.74) is 1.91. The van der Waals surface area contributed by atoms with Gasteiger partial charge in [-0.3, -0.25) is 10.1 Å². The highest BCUT2D eigenvalue weighted by Gasteiger charge is 2.26. The number of ether oxygens (including phenoxy) is 3. The van der Waals surface area contributed by atoms with Crippen molar-refractivity contribution >= 4 is 35.1 Å². The van der Waals surface area contributed by atoms with Crippen LogP contribution in [0.5, 0.6) is 17.2 Å². The van der Waals surface area contributed by atoms with Crippen LogP contribution in [0.1, 0.15) is 30.4 Å². The molecule has 1 saturated heterocycles. The molecule has 0 spiro atoms. The highest BCUT2D eigenvalue weighted by atomic mass is 35.5. The third-order valence-corrected chi connectivity index (χ3v) is 7.04. The summed E-state index contributed by atoms with van der Waals surface area (Å²) in [4.78, 5) is 27.3. The van der Waals surface area contributed by atoms with Crippen LogP contribution in [0.15, 0.2) is 30.3 Å². The number of likely N-dealkylation sites (tertiary alicyclic amines) is 1. The van der Waals surface area contributed by atoms with E-state index in [0.29, 0.717) is 27.3 Å². The molecule has 8 nitrogen and oxygen atoms in total. The fourth-order valence-corrected chi connectivity index (χ4v) is 4.62. The first-order valence-electron chi connectivity index (χ1n) is 11.9. The highest BCUT2D eigenvalue weighted by molar-refractivity contribution is 6.42. The molecule has 1 aliphatic rings. The van der Waals surface area contributed by atoms with Crippen molar-refractivity contribution in [3.8, 4) is 17.2 Å². The molecule has 1 aliphatic heterocycles. The van der Waals surface area contributed by atoms with Crippen molar-refractivity contribution in [3.63, 3.8) is 0 Å². The van der Waals surface area contributed by atoms with Crippen molar-refractivity contribution in [3.05, 3.63) is 51.5 Å². The number of imide groups is 1. The molecule has 0 aromatic heterocycles. The maximum atomic E-state index is 12.6. The molecule has 0 unspecified atom stereocenters. The van der Waals surface area contributed by atoms with Gasteiger partial charge < -0.3 is 24.4 Å². The molecule has 10 heteroatoms. The summed E-state index contributed by atoms with van der Waals surface area (Å²) >= 11 is 12.1. The SMILES string of the molecule is COc1cc(CNC(=O)NC(=O)C2CCN(CCCc3ccc(Cl)c(Cl)c3)CC2)cc(OC)c1OC. The Balaban J connectivity index is 1.39. The number of amides is 3. The average Bonchev–Trinajstić information content (AvgIpc) is 2.89. The molecule has 1 fully saturated rings. The van der Waals surface area contributed by atoms with E-state index >= 15 is 0 Å². The monoisotopic (exact) mass is 537 g/mol. The second-order valence-electron chi connectivity index (χ2n) is 8.67. The van der Waals surface area contributed by atoms with E-state index in [4.69, 9.17) is 37.4 Å². The zero-order valence-electron chi connectivity index (χ0n) is 20.9. The lowest BCUT2D eigenvalue weighted by molar-refractivity contribution is -0.125. The van der Waals surface area contributed by atoms with Crippen LogP contribution in [-0.2, 0) is 17.8 Å². The topological polar surface area (TPSA) is 89.1 Å². The number of nitrogens with zero attached hydrogens (tertiary/aromatic N) is 1. The predicted molar refractivity (Wildman–Crippen MR) is 140 cm³/mol. The number of benzene rings is 2. The highest BCUT2D eigenvalue weighted by Crippen LogP contribution is 2.38. The third-order valence-electron chi connectivity index (χ3n) is 6.30. The van der Waals surface area contributed by atoms with Crippen LogP contribution in [0.4, 0.5) is 4.79 Å². The van der Waals surface area contributed by atoms with Crippen molar-refractivity contribution in [2.45, 2.75) is 32.2 Å². The first-order chi connectivity index (χ1) is 17.3. The molecule has 0 radical (unpaired) electrons. The molecule has 0 bridgehead atoms. The summed E-state index contributed by atoms with van der Waals surface area (Å²) in [6.07, 6.45) is 3.36. The number of hydrogen-bond donors (Lipinski definition) is 2. The Kier molecular flexibility index (Phi) is 10.5. The molecule has 196 valence electrons. The number of carbonyl (C=O) groups excluding carboxylic acids is 2. The number of carbonyl (C=O) groups is 2. The van der Waals surface area contributed by atoms with E-state index in [1.165, 1.54) is 21.3 Å². The summed E-state index contributed by atoms with van der Waals surface area (Å²) < 4.78 is 16.0. The van der Waals surface area contributed by atoms with Crippen molar-refractivity contribution in [2.75, 3.05) is 41.0 Å². The van der Waals surface area contributed by atoms with Crippen molar-refractivity contribution in [1.82, 2.24) is 15.5 Å². The van der Waals surface area contributed by atoms with E-state index in [-0.39, 0.29) is 18.4 Å². The summed E-state index contributed by atoms with van der Waals surface area (Å²) in [6, 6.07) is 8.70. The van der Waals surface area contributed by atoms with Gasteiger partial charge in [0, 0.05) is 12.5 Å². The van der Waals surface area contributed by atoms with Gasteiger partial charge >= 0.3 is 6.03 Å². The largest absolute Gasteiger partial charge is 0.493 e. The van der Waals surface area contributed by atoms with Gasteiger partial charge in [0.15, 0.2) is 11.5 Å². The molecule has 0 aliphatic carbocycles. The van der Waals surface area contributed by atoms with Gasteiger partial charge in [-0.25, -0.2) is 4.79 Å². The first kappa shape index (κ1) is 27.9. The fourth-order valence-electron chi connectivity index (χ4n) is 4.30. The van der Waals surface area contributed by atoms with Gasteiger partial charge in [0.25, 0.3) is 0 Å². The number of rotatable bonds is 10. The van der Waals surface area contributed by atoms with Crippen LogP contribution < -0.4 is 24.8 Å². The van der Waals surface area contributed by atoms with Gasteiger partial charge in [-0.15, -0.1) is 0 Å². The molecule has 36 heavy (non-hydrogen) atoms. The van der Waals surface area contributed by atoms with E-state index in [2.05, 4.69) is 15.5 Å². The molecule has 1 heterocycles. The summed E-state index contributed by atoms with van der Waals surface area (Å²) in [5.74, 6) is 1.04. The van der Waals surface area contributed by atoms with Crippen LogP contribution >= 0.6 is 23.2 Å². The van der Waals surface area contributed by atoms with Gasteiger partial charge in [0.2, 0.25) is 11.7 Å².